The maximum atomic E-state index is 5.33. The van der Waals surface area contributed by atoms with E-state index in [2.05, 4.69) is 25.9 Å². The largest absolute Gasteiger partial charge is 0.480 e. The smallest absolute Gasteiger partial charge is 0.232 e. The zero-order valence-corrected chi connectivity index (χ0v) is 11.8. The second-order valence-electron chi connectivity index (χ2n) is 3.62. The van der Waals surface area contributed by atoms with Crippen molar-refractivity contribution in [3.05, 3.63) is 34.8 Å². The fourth-order valence-electron chi connectivity index (χ4n) is 1.55. The third kappa shape index (κ3) is 2.81. The molecular weight excluding hydrogens is 298 g/mol. The Morgan fingerprint density at radius 3 is 2.94 bits per heavy atom. The molecule has 0 aliphatic heterocycles. The lowest BCUT2D eigenvalue weighted by atomic mass is 10.4. The number of nitrogens with zero attached hydrogens (tertiary/aromatic N) is 3. The Labute approximate surface area is 114 Å². The summed E-state index contributed by atoms with van der Waals surface area (Å²) in [7, 11) is 1.58. The zero-order chi connectivity index (χ0) is 13.0. The number of furan rings is 1. The van der Waals surface area contributed by atoms with Gasteiger partial charge in [0.05, 0.1) is 30.6 Å². The van der Waals surface area contributed by atoms with Crippen molar-refractivity contribution >= 4 is 21.9 Å². The molecule has 6 heteroatoms. The van der Waals surface area contributed by atoms with Gasteiger partial charge in [-0.3, -0.25) is 0 Å². The van der Waals surface area contributed by atoms with Crippen molar-refractivity contribution in [2.75, 3.05) is 18.6 Å². The molecule has 0 spiro atoms. The standard InChI is InChI=1S/C12H14BrN3O2/c1-3-16(8-9-5-4-6-18-9)12-14-7-10(13)11(15-12)17-2/h4-7H,3,8H2,1-2H3. The summed E-state index contributed by atoms with van der Waals surface area (Å²) in [4.78, 5) is 10.6. The van der Waals surface area contributed by atoms with Crippen LogP contribution in [0, 0.1) is 0 Å². The molecule has 0 saturated heterocycles. The lowest BCUT2D eigenvalue weighted by Gasteiger charge is -2.19. The lowest BCUT2D eigenvalue weighted by Crippen LogP contribution is -2.24. The summed E-state index contributed by atoms with van der Waals surface area (Å²) in [6.45, 7) is 3.46. The number of hydrogen-bond acceptors (Lipinski definition) is 5. The van der Waals surface area contributed by atoms with Gasteiger partial charge < -0.3 is 14.1 Å². The van der Waals surface area contributed by atoms with Gasteiger partial charge in [0, 0.05) is 6.54 Å². The van der Waals surface area contributed by atoms with E-state index in [-0.39, 0.29) is 0 Å². The van der Waals surface area contributed by atoms with Crippen LogP contribution in [0.5, 0.6) is 5.88 Å². The van der Waals surface area contributed by atoms with Gasteiger partial charge in [-0.2, -0.15) is 4.98 Å². The molecule has 18 heavy (non-hydrogen) atoms. The number of halogens is 1. The SMILES string of the molecule is CCN(Cc1ccco1)c1ncc(Br)c(OC)n1. The summed E-state index contributed by atoms with van der Waals surface area (Å²) >= 11 is 3.34. The Balaban J connectivity index is 2.21. The molecule has 0 atom stereocenters. The minimum absolute atomic E-state index is 0.526. The molecule has 0 N–H and O–H groups in total. The molecule has 2 rings (SSSR count). The van der Waals surface area contributed by atoms with Crippen molar-refractivity contribution in [2.24, 2.45) is 0 Å². The van der Waals surface area contributed by atoms with Gasteiger partial charge in [0.15, 0.2) is 0 Å². The summed E-state index contributed by atoms with van der Waals surface area (Å²) in [6.07, 6.45) is 3.35. The lowest BCUT2D eigenvalue weighted by molar-refractivity contribution is 0.393. The first-order valence-corrected chi connectivity index (χ1v) is 6.37. The second-order valence-corrected chi connectivity index (χ2v) is 4.48. The summed E-state index contributed by atoms with van der Waals surface area (Å²) in [6, 6.07) is 3.80. The quantitative estimate of drug-likeness (QED) is 0.850. The molecule has 2 heterocycles. The van der Waals surface area contributed by atoms with Crippen LogP contribution in [0.15, 0.2) is 33.5 Å². The molecule has 0 bridgehead atoms. The van der Waals surface area contributed by atoms with E-state index in [1.807, 2.05) is 24.0 Å². The fourth-order valence-corrected chi connectivity index (χ4v) is 1.91. The Morgan fingerprint density at radius 1 is 1.50 bits per heavy atom. The number of hydrogen-bond donors (Lipinski definition) is 0. The van der Waals surface area contributed by atoms with Crippen LogP contribution in [0.1, 0.15) is 12.7 Å². The molecule has 2 aromatic rings. The number of rotatable bonds is 5. The van der Waals surface area contributed by atoms with Crippen molar-refractivity contribution in [3.63, 3.8) is 0 Å². The maximum absolute atomic E-state index is 5.33. The van der Waals surface area contributed by atoms with Crippen molar-refractivity contribution in [1.82, 2.24) is 9.97 Å². The Hall–Kier alpha value is -1.56. The first kappa shape index (κ1) is 12.9. The summed E-state index contributed by atoms with van der Waals surface area (Å²) in [5.74, 6) is 2.02. The predicted octanol–water partition coefficient (Wildman–Crippen LogP) is 2.87. The number of methoxy groups -OCH3 is 1. The molecular formula is C12H14BrN3O2. The monoisotopic (exact) mass is 311 g/mol. The summed E-state index contributed by atoms with van der Waals surface area (Å²) in [5, 5.41) is 0. The highest BCUT2D eigenvalue weighted by molar-refractivity contribution is 9.10. The average molecular weight is 312 g/mol. The molecule has 0 amide bonds. The van der Waals surface area contributed by atoms with Crippen LogP contribution in [-0.4, -0.2) is 23.6 Å². The van der Waals surface area contributed by atoms with E-state index >= 15 is 0 Å². The van der Waals surface area contributed by atoms with Gasteiger partial charge in [-0.05, 0) is 35.0 Å². The topological polar surface area (TPSA) is 51.4 Å². The van der Waals surface area contributed by atoms with Crippen LogP contribution in [0.2, 0.25) is 0 Å². The highest BCUT2D eigenvalue weighted by Gasteiger charge is 2.12. The molecule has 0 fully saturated rings. The van der Waals surface area contributed by atoms with Crippen LogP contribution in [-0.2, 0) is 6.54 Å². The molecule has 0 saturated carbocycles. The van der Waals surface area contributed by atoms with Gasteiger partial charge in [0.2, 0.25) is 11.8 Å². The molecule has 0 aliphatic carbocycles. The van der Waals surface area contributed by atoms with Crippen molar-refractivity contribution in [1.29, 1.82) is 0 Å². The van der Waals surface area contributed by atoms with E-state index in [0.29, 0.717) is 18.4 Å². The predicted molar refractivity (Wildman–Crippen MR) is 71.7 cm³/mol. The van der Waals surface area contributed by atoms with E-state index < -0.39 is 0 Å². The van der Waals surface area contributed by atoms with Crippen LogP contribution in [0.4, 0.5) is 5.95 Å². The average Bonchev–Trinajstić information content (AvgIpc) is 2.89. The summed E-state index contributed by atoms with van der Waals surface area (Å²) < 4.78 is 11.2. The van der Waals surface area contributed by atoms with E-state index in [0.717, 1.165) is 16.8 Å². The third-order valence-electron chi connectivity index (χ3n) is 2.48. The third-order valence-corrected chi connectivity index (χ3v) is 3.03. The molecule has 0 unspecified atom stereocenters. The molecule has 5 nitrogen and oxygen atoms in total. The molecule has 96 valence electrons. The van der Waals surface area contributed by atoms with E-state index in [9.17, 15) is 0 Å². The summed E-state index contributed by atoms with van der Waals surface area (Å²) in [5.41, 5.74) is 0. The highest BCUT2D eigenvalue weighted by atomic mass is 79.9. The van der Waals surface area contributed by atoms with Gasteiger partial charge >= 0.3 is 0 Å². The van der Waals surface area contributed by atoms with Crippen LogP contribution < -0.4 is 9.64 Å². The molecule has 2 aromatic heterocycles. The van der Waals surface area contributed by atoms with Gasteiger partial charge in [-0.15, -0.1) is 0 Å². The van der Waals surface area contributed by atoms with Crippen molar-refractivity contribution in [2.45, 2.75) is 13.5 Å². The van der Waals surface area contributed by atoms with Crippen molar-refractivity contribution < 1.29 is 9.15 Å². The zero-order valence-electron chi connectivity index (χ0n) is 10.3. The minimum Gasteiger partial charge on any atom is -0.480 e. The second kappa shape index (κ2) is 5.86. The first-order valence-electron chi connectivity index (χ1n) is 5.58. The van der Waals surface area contributed by atoms with E-state index in [4.69, 9.17) is 9.15 Å². The van der Waals surface area contributed by atoms with Crippen LogP contribution in [0.25, 0.3) is 0 Å². The number of anilines is 1. The highest BCUT2D eigenvalue weighted by Crippen LogP contribution is 2.24. The first-order chi connectivity index (χ1) is 8.74. The van der Waals surface area contributed by atoms with Gasteiger partial charge in [-0.25, -0.2) is 4.98 Å². The van der Waals surface area contributed by atoms with E-state index in [1.54, 1.807) is 19.6 Å². The minimum atomic E-state index is 0.526. The van der Waals surface area contributed by atoms with Gasteiger partial charge in [0.1, 0.15) is 5.76 Å². The van der Waals surface area contributed by atoms with Crippen molar-refractivity contribution in [3.8, 4) is 5.88 Å². The van der Waals surface area contributed by atoms with Gasteiger partial charge in [0.25, 0.3) is 0 Å². The number of aromatic nitrogens is 2. The maximum Gasteiger partial charge on any atom is 0.232 e. The Kier molecular flexibility index (Phi) is 4.19. The number of ether oxygens (including phenoxy) is 1. The Morgan fingerprint density at radius 2 is 2.33 bits per heavy atom. The van der Waals surface area contributed by atoms with Crippen LogP contribution in [0.3, 0.4) is 0 Å². The normalized spacial score (nSPS) is 10.4. The Bertz CT molecular complexity index is 502. The van der Waals surface area contributed by atoms with Crippen LogP contribution >= 0.6 is 15.9 Å². The molecule has 0 aliphatic rings. The van der Waals surface area contributed by atoms with Gasteiger partial charge in [-0.1, -0.05) is 0 Å². The van der Waals surface area contributed by atoms with E-state index in [1.165, 1.54) is 0 Å². The molecule has 0 radical (unpaired) electrons. The fraction of sp³-hybridized carbons (Fsp3) is 0.333. The molecule has 0 aromatic carbocycles.